The molecule has 1 N–H and O–H groups in total. The molecule has 10 atom stereocenters. The van der Waals surface area contributed by atoms with Crippen LogP contribution in [-0.4, -0.2) is 109 Å². The van der Waals surface area contributed by atoms with Gasteiger partial charge in [-0.15, -0.1) is 0 Å². The Bertz CT molecular complexity index is 3300. The summed E-state index contributed by atoms with van der Waals surface area (Å²) in [7, 11) is 0. The maximum atomic E-state index is 15.3. The van der Waals surface area contributed by atoms with Crippen LogP contribution in [-0.2, 0) is 91.2 Å². The maximum absolute atomic E-state index is 15.3. The fraction of sp³-hybridized carbons (Fsp3) is 0.371. The molecule has 84 heavy (non-hydrogen) atoms. The normalized spacial score (nSPS) is 21.9. The van der Waals surface area contributed by atoms with E-state index in [0.29, 0.717) is 5.56 Å². The number of phenolic OH excluding ortho intramolecular Hbond substituents is 1. The number of rotatable bonds is 22. The third kappa shape index (κ3) is 15.6. The molecule has 2 aliphatic heterocycles. The van der Waals surface area contributed by atoms with Gasteiger partial charge in [-0.1, -0.05) is 97.9 Å². The first-order valence-corrected chi connectivity index (χ1v) is 26.8. The summed E-state index contributed by atoms with van der Waals surface area (Å²) in [6.07, 6.45) is -14.7. The van der Waals surface area contributed by atoms with Gasteiger partial charge in [0.05, 0.1) is 0 Å². The average Bonchev–Trinajstić information content (AvgIpc) is 1.50. The lowest BCUT2D eigenvalue weighted by atomic mass is 9.90. The number of fused-ring (bicyclic) bond motifs is 1. The van der Waals surface area contributed by atoms with Gasteiger partial charge in [-0.2, -0.15) is 0 Å². The number of carbonyl (C=O) groups excluding carboxylic acids is 6. The van der Waals surface area contributed by atoms with Crippen molar-refractivity contribution in [1.29, 1.82) is 0 Å². The van der Waals surface area contributed by atoms with Gasteiger partial charge in [-0.25, -0.2) is 0 Å². The zero-order chi connectivity index (χ0) is 60.2. The fourth-order valence-corrected chi connectivity index (χ4v) is 9.64. The van der Waals surface area contributed by atoms with Gasteiger partial charge in [0.1, 0.15) is 74.2 Å². The predicted octanol–water partition coefficient (Wildman–Crippen LogP) is 7.91. The molecule has 0 unspecified atom stereocenters. The fourth-order valence-electron chi connectivity index (χ4n) is 9.64. The number of hydrogen-bond donors (Lipinski definition) is 1. The van der Waals surface area contributed by atoms with E-state index in [1.165, 1.54) is 24.3 Å². The summed E-state index contributed by atoms with van der Waals surface area (Å²) < 4.78 is 86.3. The quantitative estimate of drug-likeness (QED) is 0.0499. The third-order valence-corrected chi connectivity index (χ3v) is 13.3. The Hall–Kier alpha value is -8.99. The molecule has 0 amide bonds. The summed E-state index contributed by atoms with van der Waals surface area (Å²) in [4.78, 5) is 91.9. The molecule has 3 heterocycles. The van der Waals surface area contributed by atoms with Crippen LogP contribution in [0.1, 0.15) is 70.7 Å². The lowest BCUT2D eigenvalue weighted by molar-refractivity contribution is -0.349. The van der Waals surface area contributed by atoms with Crippen LogP contribution in [0.4, 0.5) is 0 Å². The maximum Gasteiger partial charge on any atom is 0.303 e. The van der Waals surface area contributed by atoms with Crippen molar-refractivity contribution < 1.29 is 99.9 Å². The van der Waals surface area contributed by atoms with E-state index in [4.69, 9.17) is 66.0 Å². The molecule has 22 heteroatoms. The van der Waals surface area contributed by atoms with Crippen LogP contribution in [0.5, 0.6) is 28.7 Å². The van der Waals surface area contributed by atoms with Crippen molar-refractivity contribution in [3.63, 3.8) is 0 Å². The topological polar surface area (TPSA) is 273 Å². The highest BCUT2D eigenvalue weighted by Gasteiger charge is 2.56. The van der Waals surface area contributed by atoms with Crippen molar-refractivity contribution in [2.24, 2.45) is 5.92 Å². The van der Waals surface area contributed by atoms with E-state index in [0.717, 1.165) is 58.2 Å². The van der Waals surface area contributed by atoms with Crippen LogP contribution in [0.15, 0.2) is 124 Å². The molecule has 5 aromatic carbocycles. The first-order chi connectivity index (χ1) is 40.2. The molecule has 1 aromatic heterocycles. The van der Waals surface area contributed by atoms with Crippen molar-refractivity contribution in [3.8, 4) is 40.1 Å². The van der Waals surface area contributed by atoms with Crippen molar-refractivity contribution in [1.82, 2.24) is 0 Å². The van der Waals surface area contributed by atoms with E-state index in [1.54, 1.807) is 13.8 Å². The van der Waals surface area contributed by atoms with E-state index in [-0.39, 0.29) is 59.4 Å². The van der Waals surface area contributed by atoms with Crippen LogP contribution in [0, 0.1) is 12.8 Å². The Morgan fingerprint density at radius 3 is 1.46 bits per heavy atom. The summed E-state index contributed by atoms with van der Waals surface area (Å²) in [6, 6.07) is 33.9. The van der Waals surface area contributed by atoms with E-state index >= 15 is 4.79 Å². The van der Waals surface area contributed by atoms with Crippen molar-refractivity contribution in [2.75, 3.05) is 13.2 Å². The minimum atomic E-state index is -2.01. The molecule has 0 spiro atoms. The van der Waals surface area contributed by atoms with Gasteiger partial charge in [0.2, 0.25) is 29.3 Å². The number of ether oxygens (including phenoxy) is 13. The molecule has 444 valence electrons. The van der Waals surface area contributed by atoms with Crippen LogP contribution in [0.3, 0.4) is 0 Å². The van der Waals surface area contributed by atoms with Gasteiger partial charge in [0, 0.05) is 53.0 Å². The zero-order valence-corrected chi connectivity index (χ0v) is 47.3. The zero-order valence-electron chi connectivity index (χ0n) is 47.3. The third-order valence-electron chi connectivity index (χ3n) is 13.3. The monoisotopic (exact) mass is 1160 g/mol. The average molecular weight is 1160 g/mol. The van der Waals surface area contributed by atoms with E-state index in [2.05, 4.69) is 0 Å². The highest BCUT2D eigenvalue weighted by atomic mass is 16.8. The van der Waals surface area contributed by atoms with Crippen LogP contribution < -0.4 is 24.4 Å². The van der Waals surface area contributed by atoms with Gasteiger partial charge in [0.25, 0.3) is 0 Å². The number of carbonyl (C=O) groups is 6. The van der Waals surface area contributed by atoms with E-state index in [1.807, 2.05) is 91.0 Å². The second-order valence-corrected chi connectivity index (χ2v) is 19.9. The van der Waals surface area contributed by atoms with Crippen LogP contribution in [0.25, 0.3) is 22.3 Å². The molecule has 2 aliphatic rings. The minimum absolute atomic E-state index is 0.0265. The van der Waals surface area contributed by atoms with E-state index < -0.39 is 127 Å². The summed E-state index contributed by atoms with van der Waals surface area (Å²) >= 11 is 0. The predicted molar refractivity (Wildman–Crippen MR) is 294 cm³/mol. The molecule has 0 saturated carbocycles. The second kappa shape index (κ2) is 27.9. The Balaban J connectivity index is 1.29. The molecule has 6 aromatic rings. The van der Waals surface area contributed by atoms with Gasteiger partial charge in [0.15, 0.2) is 35.8 Å². The Labute approximate surface area is 482 Å². The van der Waals surface area contributed by atoms with Crippen LogP contribution >= 0.6 is 0 Å². The van der Waals surface area contributed by atoms with Crippen molar-refractivity contribution in [3.05, 3.63) is 148 Å². The number of hydrogen-bond acceptors (Lipinski definition) is 22. The largest absolute Gasteiger partial charge is 0.507 e. The summed E-state index contributed by atoms with van der Waals surface area (Å²) in [5.74, 6) is -7.04. The Morgan fingerprint density at radius 1 is 0.512 bits per heavy atom. The smallest absolute Gasteiger partial charge is 0.303 e. The standard InChI is InChI=1S/C62H64O22/c1-33-24-45(69)51-46(25-33)80-55(44-26-47(73-28-41-18-12-9-13-19-41)56(75-30-43-22-16-11-17-23-43)48(27-44)74-29-42-20-14-10-15-21-42)58(52(51)70)84-62-60(79-40(8)68)59(78-39(7)67)57(50(82-62)32-72-36(4)64)83-61-54(77-38(6)66)34(2)53(76-37(5)65)49(81-61)31-71-35(3)63/h9-27,34,49-50,53-54,57,59-62,69H,28-32H2,1-8H3/t34-,49+,50+,53+,54+,57+,59-,60+,61-,62-/m0/s1. The molecule has 0 bridgehead atoms. The molecule has 22 nitrogen and oxygen atoms in total. The Morgan fingerprint density at radius 2 is 0.964 bits per heavy atom. The SMILES string of the molecule is CC(=O)OC[C@H]1O[C@@H](O[C@H]2[C@H](OC(C)=O)[C@@H](OC(C)=O)[C@H](Oc3c(-c4cc(OCc5ccccc5)c(OCc5ccccc5)c(OCc5ccccc5)c4)oc4cc(C)cc(O)c4c3=O)O[C@@H]2COC(C)=O)[C@H](OC(C)=O)[C@@H](C)[C@H]1OC(C)=O. The summed E-state index contributed by atoms with van der Waals surface area (Å²) in [5, 5.41) is 11.1. The minimum Gasteiger partial charge on any atom is -0.507 e. The van der Waals surface area contributed by atoms with Gasteiger partial charge < -0.3 is 71.1 Å². The molecule has 2 saturated heterocycles. The number of esters is 6. The molecular formula is C62H64O22. The first-order valence-electron chi connectivity index (χ1n) is 26.8. The van der Waals surface area contributed by atoms with Crippen LogP contribution in [0.2, 0.25) is 0 Å². The number of benzene rings is 5. The second-order valence-electron chi connectivity index (χ2n) is 19.9. The molecule has 0 aliphatic carbocycles. The molecule has 8 rings (SSSR count). The van der Waals surface area contributed by atoms with E-state index in [9.17, 15) is 33.9 Å². The highest BCUT2D eigenvalue weighted by molar-refractivity contribution is 5.88. The number of phenols is 1. The van der Waals surface area contributed by atoms with Gasteiger partial charge >= 0.3 is 35.8 Å². The molecule has 2 fully saturated rings. The van der Waals surface area contributed by atoms with Crippen molar-refractivity contribution in [2.45, 2.75) is 131 Å². The Kier molecular flexibility index (Phi) is 20.3. The van der Waals surface area contributed by atoms with Gasteiger partial charge in [-0.3, -0.25) is 33.6 Å². The molecule has 0 radical (unpaired) electrons. The number of aromatic hydroxyl groups is 1. The first kappa shape index (κ1) is 61.1. The van der Waals surface area contributed by atoms with Crippen molar-refractivity contribution >= 4 is 46.8 Å². The lowest BCUT2D eigenvalue weighted by Gasteiger charge is -2.48. The molecular weight excluding hydrogens is 1100 g/mol. The highest BCUT2D eigenvalue weighted by Crippen LogP contribution is 2.46. The lowest BCUT2D eigenvalue weighted by Crippen LogP contribution is -2.66. The summed E-state index contributed by atoms with van der Waals surface area (Å²) in [5.41, 5.74) is 1.93. The summed E-state index contributed by atoms with van der Waals surface area (Å²) in [6.45, 7) is 8.72. The van der Waals surface area contributed by atoms with Gasteiger partial charge in [-0.05, 0) is 53.4 Å². The number of aryl methyl sites for hydroxylation is 1.